The molecule has 29 heavy (non-hydrogen) atoms. The van der Waals surface area contributed by atoms with Crippen molar-refractivity contribution in [3.63, 3.8) is 0 Å². The van der Waals surface area contributed by atoms with Gasteiger partial charge in [-0.2, -0.15) is 18.4 Å². The van der Waals surface area contributed by atoms with Crippen molar-refractivity contribution in [2.24, 2.45) is 5.92 Å². The first kappa shape index (κ1) is 20.9. The van der Waals surface area contributed by atoms with E-state index in [0.717, 1.165) is 37.1 Å². The highest BCUT2D eigenvalue weighted by molar-refractivity contribution is 5.95. The molecule has 1 aliphatic carbocycles. The van der Waals surface area contributed by atoms with Crippen molar-refractivity contribution in [3.05, 3.63) is 65.2 Å². The summed E-state index contributed by atoms with van der Waals surface area (Å²) >= 11 is 0. The molecule has 0 aromatic heterocycles. The summed E-state index contributed by atoms with van der Waals surface area (Å²) in [6, 6.07) is 14.4. The maximum absolute atomic E-state index is 13.4. The molecule has 7 heteroatoms. The van der Waals surface area contributed by atoms with Crippen LogP contribution in [0.5, 0.6) is 0 Å². The van der Waals surface area contributed by atoms with Gasteiger partial charge in [0.05, 0.1) is 23.7 Å². The maximum Gasteiger partial charge on any atom is 0.417 e. The maximum atomic E-state index is 13.4. The van der Waals surface area contributed by atoms with Crippen LogP contribution in [-0.4, -0.2) is 25.5 Å². The number of hydrogen-bond donors (Lipinski definition) is 1. The van der Waals surface area contributed by atoms with E-state index in [1.165, 1.54) is 11.0 Å². The predicted molar refractivity (Wildman–Crippen MR) is 104 cm³/mol. The normalized spacial score (nSPS) is 13.7. The lowest BCUT2D eigenvalue weighted by molar-refractivity contribution is -0.137. The van der Waals surface area contributed by atoms with Gasteiger partial charge < -0.3 is 10.2 Å². The number of amides is 1. The zero-order valence-corrected chi connectivity index (χ0v) is 15.9. The second kappa shape index (κ2) is 9.10. The highest BCUT2D eigenvalue weighted by Crippen LogP contribution is 2.34. The van der Waals surface area contributed by atoms with E-state index in [-0.39, 0.29) is 24.7 Å². The second-order valence-corrected chi connectivity index (χ2v) is 7.19. The van der Waals surface area contributed by atoms with E-state index < -0.39 is 17.3 Å². The van der Waals surface area contributed by atoms with Gasteiger partial charge in [-0.25, -0.2) is 0 Å². The summed E-state index contributed by atoms with van der Waals surface area (Å²) in [6.07, 6.45) is -1.87. The first-order chi connectivity index (χ1) is 13.9. The number of carbonyl (C=O) groups is 1. The first-order valence-corrected chi connectivity index (χ1v) is 9.55. The average Bonchev–Trinajstić information content (AvgIpc) is 3.52. The Morgan fingerprint density at radius 2 is 1.90 bits per heavy atom. The molecule has 0 aliphatic heterocycles. The van der Waals surface area contributed by atoms with Crippen molar-refractivity contribution in [2.45, 2.75) is 25.4 Å². The zero-order chi connectivity index (χ0) is 20.9. The minimum atomic E-state index is -4.67. The van der Waals surface area contributed by atoms with E-state index in [4.69, 9.17) is 5.26 Å². The molecule has 0 heterocycles. The summed E-state index contributed by atoms with van der Waals surface area (Å²) in [6.45, 7) is 1.04. The molecule has 0 saturated heterocycles. The van der Waals surface area contributed by atoms with Crippen molar-refractivity contribution >= 4 is 11.6 Å². The smallest absolute Gasteiger partial charge is 0.311 e. The first-order valence-electron chi connectivity index (χ1n) is 9.55. The number of alkyl halides is 3. The molecule has 0 unspecified atom stereocenters. The molecule has 0 radical (unpaired) electrons. The molecule has 2 aromatic rings. The molecule has 2 aromatic carbocycles. The highest BCUT2D eigenvalue weighted by atomic mass is 19.4. The van der Waals surface area contributed by atoms with Crippen LogP contribution in [0.1, 0.15) is 29.5 Å². The largest absolute Gasteiger partial charge is 0.417 e. The van der Waals surface area contributed by atoms with E-state index in [9.17, 15) is 18.0 Å². The Balaban J connectivity index is 1.82. The Kier molecular flexibility index (Phi) is 6.55. The van der Waals surface area contributed by atoms with Gasteiger partial charge in [0.1, 0.15) is 0 Å². The number of nitrogens with one attached hydrogen (secondary N) is 1. The van der Waals surface area contributed by atoms with E-state index >= 15 is 0 Å². The third kappa shape index (κ3) is 5.81. The van der Waals surface area contributed by atoms with Crippen LogP contribution in [0.25, 0.3) is 0 Å². The number of halogens is 3. The van der Waals surface area contributed by atoms with Gasteiger partial charge >= 0.3 is 6.18 Å². The van der Waals surface area contributed by atoms with Gasteiger partial charge in [-0.1, -0.05) is 30.3 Å². The van der Waals surface area contributed by atoms with Crippen LogP contribution < -0.4 is 10.2 Å². The molecule has 1 N–H and O–H groups in total. The van der Waals surface area contributed by atoms with Crippen molar-refractivity contribution < 1.29 is 18.0 Å². The van der Waals surface area contributed by atoms with Crippen LogP contribution in [0.4, 0.5) is 18.9 Å². The molecule has 1 amide bonds. The Bertz CT molecular complexity index is 886. The molecule has 4 nitrogen and oxygen atoms in total. The predicted octanol–water partition coefficient (Wildman–Crippen LogP) is 4.15. The lowest BCUT2D eigenvalue weighted by atomic mass is 10.1. The van der Waals surface area contributed by atoms with Crippen LogP contribution in [-0.2, 0) is 17.4 Å². The molecule has 0 atom stereocenters. The van der Waals surface area contributed by atoms with Gasteiger partial charge in [0, 0.05) is 12.2 Å². The SMILES string of the molecule is N#Cc1ccc(N(CCc2ccccc2)C(=O)CNCC2CC2)cc1C(F)(F)F. The lowest BCUT2D eigenvalue weighted by Crippen LogP contribution is -2.40. The van der Waals surface area contributed by atoms with Gasteiger partial charge in [-0.15, -0.1) is 0 Å². The molecule has 152 valence electrons. The highest BCUT2D eigenvalue weighted by Gasteiger charge is 2.34. The summed E-state index contributed by atoms with van der Waals surface area (Å²) in [7, 11) is 0. The minimum absolute atomic E-state index is 0.0621. The van der Waals surface area contributed by atoms with Crippen LogP contribution in [0.3, 0.4) is 0 Å². The minimum Gasteiger partial charge on any atom is -0.311 e. The van der Waals surface area contributed by atoms with E-state index in [0.29, 0.717) is 12.3 Å². The number of benzene rings is 2. The fourth-order valence-electron chi connectivity index (χ4n) is 3.12. The van der Waals surface area contributed by atoms with E-state index in [1.807, 2.05) is 30.3 Å². The fourth-order valence-corrected chi connectivity index (χ4v) is 3.12. The number of anilines is 1. The Labute approximate surface area is 167 Å². The number of nitrogens with zero attached hydrogens (tertiary/aromatic N) is 2. The van der Waals surface area contributed by atoms with Crippen molar-refractivity contribution in [2.75, 3.05) is 24.5 Å². The Hall–Kier alpha value is -2.85. The Morgan fingerprint density at radius 1 is 1.17 bits per heavy atom. The van der Waals surface area contributed by atoms with Gasteiger partial charge in [-0.3, -0.25) is 4.79 Å². The van der Waals surface area contributed by atoms with E-state index in [2.05, 4.69) is 5.32 Å². The number of nitriles is 1. The van der Waals surface area contributed by atoms with Crippen molar-refractivity contribution in [3.8, 4) is 6.07 Å². The van der Waals surface area contributed by atoms with Crippen molar-refractivity contribution in [1.82, 2.24) is 5.32 Å². The molecule has 1 fully saturated rings. The van der Waals surface area contributed by atoms with Crippen LogP contribution >= 0.6 is 0 Å². The summed E-state index contributed by atoms with van der Waals surface area (Å²) in [5.41, 5.74) is -0.351. The van der Waals surface area contributed by atoms with Gasteiger partial charge in [0.25, 0.3) is 0 Å². The molecule has 1 saturated carbocycles. The summed E-state index contributed by atoms with van der Waals surface area (Å²) in [5.74, 6) is 0.298. The fraction of sp³-hybridized carbons (Fsp3) is 0.364. The standard InChI is InChI=1S/C22H22F3N3O/c23-22(24,25)20-12-19(9-8-18(20)13-26)28(11-10-16-4-2-1-3-5-16)21(29)15-27-14-17-6-7-17/h1-5,8-9,12,17,27H,6-7,10-11,14-15H2. The third-order valence-corrected chi connectivity index (χ3v) is 4.91. The quantitative estimate of drug-likeness (QED) is 0.723. The third-order valence-electron chi connectivity index (χ3n) is 4.91. The van der Waals surface area contributed by atoms with E-state index in [1.54, 1.807) is 6.07 Å². The van der Waals surface area contributed by atoms with Gasteiger partial charge in [0.15, 0.2) is 0 Å². The second-order valence-electron chi connectivity index (χ2n) is 7.19. The van der Waals surface area contributed by atoms with Crippen LogP contribution in [0.15, 0.2) is 48.5 Å². The molecule has 0 bridgehead atoms. The molecule has 1 aliphatic rings. The monoisotopic (exact) mass is 401 g/mol. The number of carbonyl (C=O) groups excluding carboxylic acids is 1. The summed E-state index contributed by atoms with van der Waals surface area (Å²) in [5, 5.41) is 12.1. The van der Waals surface area contributed by atoms with Gasteiger partial charge in [0.2, 0.25) is 5.91 Å². The molecular formula is C22H22F3N3O. The topological polar surface area (TPSA) is 56.1 Å². The van der Waals surface area contributed by atoms with Crippen molar-refractivity contribution in [1.29, 1.82) is 5.26 Å². The van der Waals surface area contributed by atoms with Crippen LogP contribution in [0.2, 0.25) is 0 Å². The van der Waals surface area contributed by atoms with Gasteiger partial charge in [-0.05, 0) is 55.5 Å². The Morgan fingerprint density at radius 3 is 2.52 bits per heavy atom. The van der Waals surface area contributed by atoms with Crippen LogP contribution in [0, 0.1) is 17.2 Å². The summed E-state index contributed by atoms with van der Waals surface area (Å²) in [4.78, 5) is 14.2. The lowest BCUT2D eigenvalue weighted by Gasteiger charge is -2.24. The zero-order valence-electron chi connectivity index (χ0n) is 15.9. The average molecular weight is 401 g/mol. The number of rotatable bonds is 8. The number of hydrogen-bond acceptors (Lipinski definition) is 3. The summed E-state index contributed by atoms with van der Waals surface area (Å²) < 4.78 is 40.1. The molecule has 3 rings (SSSR count). The molecule has 0 spiro atoms. The molecular weight excluding hydrogens is 379 g/mol.